The van der Waals surface area contributed by atoms with Gasteiger partial charge in [-0.15, -0.1) is 4.91 Å². The average Bonchev–Trinajstić information content (AvgIpc) is 2.26. The maximum Gasteiger partial charge on any atom is 0.296 e. The SMILES string of the molecule is CN(C)c1ccc(N(C)N=O)c([N+](=O)[O-])c1. The van der Waals surface area contributed by atoms with Crippen molar-refractivity contribution in [1.82, 2.24) is 0 Å². The minimum Gasteiger partial charge on any atom is -0.377 e. The van der Waals surface area contributed by atoms with Crippen LogP contribution in [0.1, 0.15) is 0 Å². The van der Waals surface area contributed by atoms with Gasteiger partial charge in [-0.2, -0.15) is 0 Å². The lowest BCUT2D eigenvalue weighted by atomic mass is 10.2. The Morgan fingerprint density at radius 2 is 1.94 bits per heavy atom. The first-order valence-corrected chi connectivity index (χ1v) is 4.50. The van der Waals surface area contributed by atoms with Gasteiger partial charge in [0.1, 0.15) is 5.69 Å². The van der Waals surface area contributed by atoms with E-state index in [0.717, 1.165) is 5.01 Å². The Balaban J connectivity index is 3.30. The van der Waals surface area contributed by atoms with E-state index in [-0.39, 0.29) is 11.4 Å². The topological polar surface area (TPSA) is 79.0 Å². The fourth-order valence-electron chi connectivity index (χ4n) is 1.25. The van der Waals surface area contributed by atoms with Crippen molar-refractivity contribution in [3.05, 3.63) is 33.2 Å². The quantitative estimate of drug-likeness (QED) is 0.442. The van der Waals surface area contributed by atoms with E-state index < -0.39 is 4.92 Å². The minimum absolute atomic E-state index is 0.145. The molecular weight excluding hydrogens is 212 g/mol. The Kier molecular flexibility index (Phi) is 3.39. The van der Waals surface area contributed by atoms with Crippen LogP contribution >= 0.6 is 0 Å². The Labute approximate surface area is 92.4 Å². The van der Waals surface area contributed by atoms with E-state index >= 15 is 0 Å². The van der Waals surface area contributed by atoms with E-state index in [4.69, 9.17) is 0 Å². The van der Waals surface area contributed by atoms with Gasteiger partial charge >= 0.3 is 0 Å². The molecule has 16 heavy (non-hydrogen) atoms. The summed E-state index contributed by atoms with van der Waals surface area (Å²) in [5.41, 5.74) is 0.716. The third-order valence-electron chi connectivity index (χ3n) is 2.14. The second kappa shape index (κ2) is 4.56. The van der Waals surface area contributed by atoms with Crippen molar-refractivity contribution < 1.29 is 4.92 Å². The molecule has 1 aromatic carbocycles. The molecule has 0 bridgehead atoms. The van der Waals surface area contributed by atoms with Gasteiger partial charge in [0.05, 0.1) is 10.2 Å². The van der Waals surface area contributed by atoms with Gasteiger partial charge in [0.25, 0.3) is 5.69 Å². The van der Waals surface area contributed by atoms with E-state index in [9.17, 15) is 15.0 Å². The zero-order valence-electron chi connectivity index (χ0n) is 9.25. The van der Waals surface area contributed by atoms with Gasteiger partial charge < -0.3 is 4.90 Å². The molecule has 0 unspecified atom stereocenters. The molecule has 0 amide bonds. The summed E-state index contributed by atoms with van der Waals surface area (Å²) in [5, 5.41) is 14.4. The largest absolute Gasteiger partial charge is 0.377 e. The maximum atomic E-state index is 10.8. The van der Waals surface area contributed by atoms with E-state index in [1.165, 1.54) is 19.2 Å². The van der Waals surface area contributed by atoms with Crippen molar-refractivity contribution in [3.8, 4) is 0 Å². The predicted molar refractivity (Wildman–Crippen MR) is 61.6 cm³/mol. The van der Waals surface area contributed by atoms with Crippen LogP contribution in [0.5, 0.6) is 0 Å². The lowest BCUT2D eigenvalue weighted by Gasteiger charge is -2.14. The first-order chi connectivity index (χ1) is 7.47. The molecule has 0 spiro atoms. The summed E-state index contributed by atoms with van der Waals surface area (Å²) < 4.78 is 0. The number of anilines is 2. The molecule has 0 aliphatic carbocycles. The third kappa shape index (κ3) is 2.25. The molecule has 0 fully saturated rings. The van der Waals surface area contributed by atoms with Crippen LogP contribution in [0, 0.1) is 15.0 Å². The normalized spacial score (nSPS) is 9.69. The summed E-state index contributed by atoms with van der Waals surface area (Å²) in [6, 6.07) is 4.58. The fraction of sp³-hybridized carbons (Fsp3) is 0.333. The molecule has 0 aliphatic rings. The maximum absolute atomic E-state index is 10.8. The summed E-state index contributed by atoms with van der Waals surface area (Å²) in [6.45, 7) is 0. The Morgan fingerprint density at radius 3 is 2.38 bits per heavy atom. The number of nitro benzene ring substituents is 1. The van der Waals surface area contributed by atoms with Crippen LogP contribution in [0.2, 0.25) is 0 Å². The molecule has 1 aromatic rings. The van der Waals surface area contributed by atoms with Crippen LogP contribution in [0.3, 0.4) is 0 Å². The standard InChI is InChI=1S/C9H12N4O3/c1-11(2)7-4-5-8(12(3)10-14)9(6-7)13(15)16/h4-6H,1-3H3. The molecule has 0 saturated heterocycles. The molecular formula is C9H12N4O3. The molecule has 0 saturated carbocycles. The third-order valence-corrected chi connectivity index (χ3v) is 2.14. The minimum atomic E-state index is -0.538. The van der Waals surface area contributed by atoms with Gasteiger partial charge in [0.15, 0.2) is 0 Å². The van der Waals surface area contributed by atoms with E-state index in [2.05, 4.69) is 5.29 Å². The van der Waals surface area contributed by atoms with E-state index in [1.807, 2.05) is 0 Å². The molecule has 1 rings (SSSR count). The number of rotatable bonds is 4. The molecule has 0 aromatic heterocycles. The average molecular weight is 224 g/mol. The molecule has 7 heteroatoms. The highest BCUT2D eigenvalue weighted by Gasteiger charge is 2.18. The van der Waals surface area contributed by atoms with E-state index in [0.29, 0.717) is 5.69 Å². The van der Waals surface area contributed by atoms with Crippen LogP contribution in [0.15, 0.2) is 23.5 Å². The molecule has 0 aliphatic heterocycles. The fourth-order valence-corrected chi connectivity index (χ4v) is 1.25. The van der Waals surface area contributed by atoms with Gasteiger partial charge in [-0.25, -0.2) is 5.01 Å². The van der Waals surface area contributed by atoms with Crippen molar-refractivity contribution >= 4 is 17.1 Å². The molecule has 0 atom stereocenters. The Hall–Kier alpha value is -2.18. The number of hydrogen-bond donors (Lipinski definition) is 0. The summed E-state index contributed by atoms with van der Waals surface area (Å²) in [7, 11) is 4.92. The number of hydrogen-bond acceptors (Lipinski definition) is 5. The van der Waals surface area contributed by atoms with Gasteiger partial charge in [-0.05, 0) is 12.1 Å². The first-order valence-electron chi connectivity index (χ1n) is 4.50. The van der Waals surface area contributed by atoms with Crippen LogP contribution in [0.4, 0.5) is 17.1 Å². The first kappa shape index (κ1) is 11.9. The predicted octanol–water partition coefficient (Wildman–Crippen LogP) is 1.78. The monoisotopic (exact) mass is 224 g/mol. The number of nitroso groups, excluding NO2 is 1. The molecule has 0 N–H and O–H groups in total. The van der Waals surface area contributed by atoms with Crippen LogP contribution in [-0.4, -0.2) is 26.1 Å². The van der Waals surface area contributed by atoms with E-state index in [1.54, 1.807) is 25.1 Å². The smallest absolute Gasteiger partial charge is 0.296 e. The highest BCUT2D eigenvalue weighted by Crippen LogP contribution is 2.31. The van der Waals surface area contributed by atoms with Crippen molar-refractivity contribution in [2.45, 2.75) is 0 Å². The molecule has 86 valence electrons. The second-order valence-corrected chi connectivity index (χ2v) is 3.43. The van der Waals surface area contributed by atoms with Gasteiger partial charge in [-0.1, -0.05) is 0 Å². The lowest BCUT2D eigenvalue weighted by Crippen LogP contribution is -2.12. The number of nitrogens with zero attached hydrogens (tertiary/aromatic N) is 4. The van der Waals surface area contributed by atoms with Crippen LogP contribution in [0.25, 0.3) is 0 Å². The van der Waals surface area contributed by atoms with Crippen molar-refractivity contribution in [1.29, 1.82) is 0 Å². The summed E-state index contributed by atoms with van der Waals surface area (Å²) >= 11 is 0. The Morgan fingerprint density at radius 1 is 1.31 bits per heavy atom. The lowest BCUT2D eigenvalue weighted by molar-refractivity contribution is -0.384. The summed E-state index contributed by atoms with van der Waals surface area (Å²) in [6.07, 6.45) is 0. The highest BCUT2D eigenvalue weighted by atomic mass is 16.6. The van der Waals surface area contributed by atoms with Crippen LogP contribution in [-0.2, 0) is 0 Å². The zero-order chi connectivity index (χ0) is 12.3. The van der Waals surface area contributed by atoms with Crippen LogP contribution < -0.4 is 9.91 Å². The summed E-state index contributed by atoms with van der Waals surface area (Å²) in [4.78, 5) is 22.4. The van der Waals surface area contributed by atoms with Crippen molar-refractivity contribution in [3.63, 3.8) is 0 Å². The summed E-state index contributed by atoms with van der Waals surface area (Å²) in [5.74, 6) is 0. The molecule has 0 radical (unpaired) electrons. The van der Waals surface area contributed by atoms with Gasteiger partial charge in [-0.3, -0.25) is 10.1 Å². The number of benzene rings is 1. The molecule has 0 heterocycles. The van der Waals surface area contributed by atoms with Gasteiger partial charge in [0, 0.05) is 32.9 Å². The zero-order valence-corrected chi connectivity index (χ0v) is 9.25. The van der Waals surface area contributed by atoms with Crippen molar-refractivity contribution in [2.75, 3.05) is 31.1 Å². The second-order valence-electron chi connectivity index (χ2n) is 3.43. The number of nitro groups is 1. The van der Waals surface area contributed by atoms with Gasteiger partial charge in [0.2, 0.25) is 0 Å². The molecule has 7 nitrogen and oxygen atoms in total. The highest BCUT2D eigenvalue weighted by molar-refractivity contribution is 5.68. The Bertz CT molecular complexity index is 419. The van der Waals surface area contributed by atoms with Crippen molar-refractivity contribution in [2.24, 2.45) is 5.29 Å².